The number of hydrogen-bond acceptors (Lipinski definition) is 4. The molecule has 5 nitrogen and oxygen atoms in total. The Hall–Kier alpha value is -1.86. The number of rotatable bonds is 6. The van der Waals surface area contributed by atoms with Crippen LogP contribution in [0.5, 0.6) is 0 Å². The van der Waals surface area contributed by atoms with Crippen LogP contribution in [-0.2, 0) is 16.1 Å². The maximum absolute atomic E-state index is 12.4. The van der Waals surface area contributed by atoms with Gasteiger partial charge in [-0.05, 0) is 37.5 Å². The van der Waals surface area contributed by atoms with Gasteiger partial charge in [-0.15, -0.1) is 18.3 Å². The molecule has 0 aliphatic carbocycles. The van der Waals surface area contributed by atoms with Crippen molar-refractivity contribution < 1.29 is 9.59 Å². The van der Waals surface area contributed by atoms with Gasteiger partial charge in [0.05, 0.1) is 21.7 Å². The minimum Gasteiger partial charge on any atom is -0.342 e. The highest BCUT2D eigenvalue weighted by atomic mass is 32.2. The number of fused-ring (bicyclic) bond motifs is 1. The molecule has 3 rings (SSSR count). The number of thioether (sulfide) groups is 1. The van der Waals surface area contributed by atoms with Crippen molar-refractivity contribution in [3.05, 3.63) is 41.2 Å². The van der Waals surface area contributed by atoms with Crippen molar-refractivity contribution in [2.24, 2.45) is 4.99 Å². The van der Waals surface area contributed by atoms with Crippen LogP contribution < -0.4 is 4.80 Å². The van der Waals surface area contributed by atoms with Gasteiger partial charge in [-0.25, -0.2) is 0 Å². The van der Waals surface area contributed by atoms with E-state index in [0.717, 1.165) is 36.1 Å². The molecule has 0 N–H and O–H groups in total. The molecule has 2 amide bonds. The van der Waals surface area contributed by atoms with E-state index in [4.69, 9.17) is 0 Å². The highest BCUT2D eigenvalue weighted by Crippen LogP contribution is 2.19. The molecule has 28 heavy (non-hydrogen) atoms. The summed E-state index contributed by atoms with van der Waals surface area (Å²) in [6.07, 6.45) is 6.38. The van der Waals surface area contributed by atoms with E-state index in [-0.39, 0.29) is 17.6 Å². The summed E-state index contributed by atoms with van der Waals surface area (Å²) in [5.41, 5.74) is 2.24. The molecule has 1 aromatic carbocycles. The molecular formula is C21H27N3O2S2. The second kappa shape index (κ2) is 10.1. The van der Waals surface area contributed by atoms with Crippen LogP contribution in [0.15, 0.2) is 35.8 Å². The van der Waals surface area contributed by atoms with E-state index in [1.165, 1.54) is 41.5 Å². The maximum Gasteiger partial charge on any atom is 0.258 e. The summed E-state index contributed by atoms with van der Waals surface area (Å²) in [5, 5.41) is 0. The Kier molecular flexibility index (Phi) is 7.50. The number of aryl methyl sites for hydroxylation is 1. The standard InChI is InChI=1S/C21H27N3O2S2/c1-3-10-24-17-9-8-16(2)13-18(17)28-21(24)22-19(25)14-27-15-20(26)23-11-6-4-5-7-12-23/h3,8-9,13H,1,4-7,10-12,14-15H2,2H3. The third kappa shape index (κ3) is 5.35. The van der Waals surface area contributed by atoms with E-state index < -0.39 is 0 Å². The lowest BCUT2D eigenvalue weighted by Gasteiger charge is -2.19. The summed E-state index contributed by atoms with van der Waals surface area (Å²) in [6, 6.07) is 6.23. The third-order valence-electron chi connectivity index (χ3n) is 4.78. The van der Waals surface area contributed by atoms with Crippen LogP contribution in [-0.4, -0.2) is 45.9 Å². The quantitative estimate of drug-likeness (QED) is 0.673. The van der Waals surface area contributed by atoms with Gasteiger partial charge in [-0.3, -0.25) is 9.59 Å². The van der Waals surface area contributed by atoms with Gasteiger partial charge in [-0.1, -0.05) is 36.3 Å². The van der Waals surface area contributed by atoms with E-state index in [2.05, 4.69) is 36.7 Å². The number of carbonyl (C=O) groups is 2. The van der Waals surface area contributed by atoms with E-state index in [1.807, 2.05) is 15.5 Å². The first-order valence-corrected chi connectivity index (χ1v) is 11.7. The van der Waals surface area contributed by atoms with E-state index >= 15 is 0 Å². The molecule has 0 unspecified atom stereocenters. The lowest BCUT2D eigenvalue weighted by molar-refractivity contribution is -0.128. The molecule has 1 aromatic heterocycles. The normalized spacial score (nSPS) is 15.6. The minimum atomic E-state index is -0.199. The van der Waals surface area contributed by atoms with Crippen molar-refractivity contribution in [2.45, 2.75) is 39.2 Å². The number of hydrogen-bond donors (Lipinski definition) is 0. The van der Waals surface area contributed by atoms with Gasteiger partial charge < -0.3 is 9.47 Å². The van der Waals surface area contributed by atoms with Crippen LogP contribution in [0.3, 0.4) is 0 Å². The Balaban J connectivity index is 1.64. The second-order valence-electron chi connectivity index (χ2n) is 7.05. The number of aromatic nitrogens is 1. The molecule has 0 saturated carbocycles. The van der Waals surface area contributed by atoms with Crippen LogP contribution in [0.4, 0.5) is 0 Å². The summed E-state index contributed by atoms with van der Waals surface area (Å²) in [5.74, 6) is 0.508. The van der Waals surface area contributed by atoms with Crippen LogP contribution in [0.1, 0.15) is 31.2 Å². The predicted octanol–water partition coefficient (Wildman–Crippen LogP) is 3.76. The molecule has 0 spiro atoms. The average molecular weight is 418 g/mol. The van der Waals surface area contributed by atoms with Gasteiger partial charge in [0.15, 0.2) is 4.80 Å². The number of allylic oxidation sites excluding steroid dienone is 1. The molecule has 7 heteroatoms. The summed E-state index contributed by atoms with van der Waals surface area (Å²) in [7, 11) is 0. The van der Waals surface area contributed by atoms with Crippen molar-refractivity contribution in [1.82, 2.24) is 9.47 Å². The van der Waals surface area contributed by atoms with Crippen molar-refractivity contribution >= 4 is 45.1 Å². The molecule has 1 aliphatic heterocycles. The largest absolute Gasteiger partial charge is 0.342 e. The SMILES string of the molecule is C=CCn1c(=NC(=O)CSCC(=O)N2CCCCCC2)sc2cc(C)ccc21. The fourth-order valence-corrected chi connectivity index (χ4v) is 5.20. The Bertz CT molecular complexity index is 921. The number of benzene rings is 1. The highest BCUT2D eigenvalue weighted by Gasteiger charge is 2.16. The van der Waals surface area contributed by atoms with E-state index in [9.17, 15) is 9.59 Å². The van der Waals surface area contributed by atoms with Crippen LogP contribution in [0, 0.1) is 6.92 Å². The summed E-state index contributed by atoms with van der Waals surface area (Å²) in [4.78, 5) is 31.7. The van der Waals surface area contributed by atoms with Gasteiger partial charge in [-0.2, -0.15) is 4.99 Å². The minimum absolute atomic E-state index is 0.138. The van der Waals surface area contributed by atoms with Crippen LogP contribution in [0.2, 0.25) is 0 Å². The predicted molar refractivity (Wildman–Crippen MR) is 118 cm³/mol. The first-order valence-electron chi connectivity index (χ1n) is 9.72. The number of carbonyl (C=O) groups excluding carboxylic acids is 2. The first-order chi connectivity index (χ1) is 13.6. The molecule has 150 valence electrons. The topological polar surface area (TPSA) is 54.7 Å². The molecule has 1 saturated heterocycles. The Morgan fingerprint density at radius 1 is 1.21 bits per heavy atom. The van der Waals surface area contributed by atoms with Gasteiger partial charge in [0.2, 0.25) is 5.91 Å². The van der Waals surface area contributed by atoms with Gasteiger partial charge >= 0.3 is 0 Å². The molecule has 1 aliphatic rings. The number of likely N-dealkylation sites (tertiary alicyclic amines) is 1. The fraction of sp³-hybridized carbons (Fsp3) is 0.476. The van der Waals surface area contributed by atoms with Crippen molar-refractivity contribution in [2.75, 3.05) is 24.6 Å². The first kappa shape index (κ1) is 20.9. The Morgan fingerprint density at radius 2 is 1.96 bits per heavy atom. The molecule has 2 aromatic rings. The number of amides is 2. The third-order valence-corrected chi connectivity index (χ3v) is 6.72. The fourth-order valence-electron chi connectivity index (χ4n) is 3.35. The summed E-state index contributed by atoms with van der Waals surface area (Å²) < 4.78 is 3.12. The molecule has 1 fully saturated rings. The van der Waals surface area contributed by atoms with E-state index in [0.29, 0.717) is 17.1 Å². The number of nitrogens with zero attached hydrogens (tertiary/aromatic N) is 3. The lowest BCUT2D eigenvalue weighted by Crippen LogP contribution is -2.33. The van der Waals surface area contributed by atoms with Gasteiger partial charge in [0, 0.05) is 19.6 Å². The summed E-state index contributed by atoms with van der Waals surface area (Å²) in [6.45, 7) is 8.17. The second-order valence-corrected chi connectivity index (χ2v) is 9.04. The van der Waals surface area contributed by atoms with Crippen molar-refractivity contribution in [3.63, 3.8) is 0 Å². The zero-order valence-corrected chi connectivity index (χ0v) is 18.0. The van der Waals surface area contributed by atoms with Crippen LogP contribution in [0.25, 0.3) is 10.2 Å². The summed E-state index contributed by atoms with van der Waals surface area (Å²) >= 11 is 2.87. The smallest absolute Gasteiger partial charge is 0.258 e. The van der Waals surface area contributed by atoms with Crippen LogP contribution >= 0.6 is 23.1 Å². The Labute approximate surface area is 174 Å². The number of thiazole rings is 1. The van der Waals surface area contributed by atoms with Crippen molar-refractivity contribution in [3.8, 4) is 0 Å². The monoisotopic (exact) mass is 417 g/mol. The van der Waals surface area contributed by atoms with Gasteiger partial charge in [0.1, 0.15) is 0 Å². The average Bonchev–Trinajstić information content (AvgIpc) is 2.85. The van der Waals surface area contributed by atoms with Crippen molar-refractivity contribution in [1.29, 1.82) is 0 Å². The zero-order chi connectivity index (χ0) is 19.9. The van der Waals surface area contributed by atoms with Gasteiger partial charge in [0.25, 0.3) is 5.91 Å². The van der Waals surface area contributed by atoms with E-state index in [1.54, 1.807) is 0 Å². The zero-order valence-electron chi connectivity index (χ0n) is 16.4. The maximum atomic E-state index is 12.4. The molecule has 2 heterocycles. The molecule has 0 radical (unpaired) electrons. The highest BCUT2D eigenvalue weighted by molar-refractivity contribution is 8.00. The molecular weight excluding hydrogens is 390 g/mol. The molecule has 0 atom stereocenters. The Morgan fingerprint density at radius 3 is 2.68 bits per heavy atom. The molecule has 0 bridgehead atoms. The lowest BCUT2D eigenvalue weighted by atomic mass is 10.2.